The maximum Gasteiger partial charge on any atom is 1.00 e. The van der Waals surface area contributed by atoms with E-state index in [4.69, 9.17) is 20.3 Å². The van der Waals surface area contributed by atoms with Crippen LogP contribution in [0.25, 0.3) is 18.2 Å². The second-order valence-electron chi connectivity index (χ2n) is 21.9. The molecule has 7 aromatic carbocycles. The molecule has 0 saturated carbocycles. The van der Waals surface area contributed by atoms with Crippen LogP contribution in [0.4, 0.5) is 5.69 Å². The molecule has 0 bridgehead atoms. The number of carboxylic acid groups (broad SMARTS) is 1. The van der Waals surface area contributed by atoms with Crippen LogP contribution in [0.15, 0.2) is 152 Å². The van der Waals surface area contributed by atoms with Gasteiger partial charge >= 0.3 is 35.5 Å². The Balaban J connectivity index is 0.000000183. The van der Waals surface area contributed by atoms with Crippen molar-refractivity contribution < 1.29 is 73.9 Å². The van der Waals surface area contributed by atoms with E-state index >= 15 is 0 Å². The standard InChI is InChI=1S/2C11H12O2.C11H12O.2C11H12.C10H13NO2.C10H10O.Na.H2O/c1-13-11-7-3-4-8-9(11)5-2-6-10(8)12;1-13-9-6-5-8-3-2-4-11(12)10(8)7-9;1-8-5-6-9-3-2-4-11(12)10(9)7-8;2*1-9-5-4-7-10-6-2-3-8-11(9)10;11-9-6-4-8(5-7-9)2-1-3-10(12)13;11-10-7-3-5-8-4-1-2-6-9(8)10;;/h3-4,7H,2,5-6H2,1H3;5-7H,2-4H2,1H3;5-7H,2-4H2,1H3;2*2,4-7H,3,8H2,1H3;4-7H,1-3,11H2,(H,12,13);1,3-5,7,11H,2,6H2;;1H2/q;;;;;;;+1;/p-1. The Kier molecular flexibility index (Phi) is 28.8. The maximum absolute atomic E-state index is 11.5. The minimum Gasteiger partial charge on any atom is -0.870 e. The average Bonchev–Trinajstić information content (AvgIpc) is 3.53. The monoisotopic (exact) mass is 1170 g/mol. The summed E-state index contributed by atoms with van der Waals surface area (Å²) in [6.07, 6.45) is 29.8. The van der Waals surface area contributed by atoms with Crippen molar-refractivity contribution in [3.63, 3.8) is 0 Å². The molecule has 0 fully saturated rings. The van der Waals surface area contributed by atoms with E-state index in [1.165, 1.54) is 70.2 Å². The quantitative estimate of drug-likeness (QED) is 0.107. The van der Waals surface area contributed by atoms with Crippen molar-refractivity contribution in [2.75, 3.05) is 20.0 Å². The van der Waals surface area contributed by atoms with Crippen molar-refractivity contribution in [2.24, 2.45) is 0 Å². The molecule has 13 rings (SSSR count). The molecule has 0 heterocycles. The third-order valence-corrected chi connectivity index (χ3v) is 15.9. The number of Topliss-reactive ketones (excluding diaryl/α,β-unsaturated/α-hetero) is 3. The molecule has 0 spiro atoms. The van der Waals surface area contributed by atoms with Crippen LogP contribution in [0, 0.1) is 20.8 Å². The molecule has 0 aromatic heterocycles. The van der Waals surface area contributed by atoms with E-state index in [0.717, 1.165) is 126 Å². The number of aliphatic carboxylic acids is 1. The molecule has 0 amide bonds. The van der Waals surface area contributed by atoms with Gasteiger partial charge in [0.2, 0.25) is 0 Å². The molecule has 11 heteroatoms. The second kappa shape index (κ2) is 35.8. The Morgan fingerprint density at radius 2 is 1.00 bits per heavy atom. The number of allylic oxidation sites excluding steroid dienone is 3. The predicted octanol–water partition coefficient (Wildman–Crippen LogP) is 13.7. The van der Waals surface area contributed by atoms with Crippen LogP contribution >= 0.6 is 0 Å². The number of benzene rings is 7. The Hall–Kier alpha value is -7.60. The number of hydrogen-bond acceptors (Lipinski definition) is 9. The number of nitrogens with two attached hydrogens (primary N) is 1. The van der Waals surface area contributed by atoms with Crippen LogP contribution < -0.4 is 44.8 Å². The topological polar surface area (TPSA) is 183 Å². The van der Waals surface area contributed by atoms with Crippen LogP contribution in [-0.4, -0.2) is 53.2 Å². The van der Waals surface area contributed by atoms with Gasteiger partial charge in [-0.05, 0) is 209 Å². The Labute approximate surface area is 531 Å². The summed E-state index contributed by atoms with van der Waals surface area (Å²) < 4.78 is 10.3. The van der Waals surface area contributed by atoms with E-state index in [-0.39, 0.29) is 53.0 Å². The number of anilines is 1. The number of ketones is 3. The predicted molar refractivity (Wildman–Crippen MR) is 345 cm³/mol. The summed E-state index contributed by atoms with van der Waals surface area (Å²) in [5.41, 5.74) is 25.7. The number of aryl methyl sites for hydroxylation is 6. The summed E-state index contributed by atoms with van der Waals surface area (Å²) in [6, 6.07) is 43.8. The normalized spacial score (nSPS) is 13.9. The molecule has 10 nitrogen and oxygen atoms in total. The Morgan fingerprint density at radius 1 is 0.512 bits per heavy atom. The van der Waals surface area contributed by atoms with Crippen LogP contribution in [0.5, 0.6) is 17.2 Å². The molecular weight excluding hydrogens is 1080 g/mol. The smallest absolute Gasteiger partial charge is 0.870 e. The van der Waals surface area contributed by atoms with Gasteiger partial charge in [-0.3, -0.25) is 19.2 Å². The summed E-state index contributed by atoms with van der Waals surface area (Å²) in [5, 5.41) is 17.8. The average molecular weight is 1170 g/mol. The van der Waals surface area contributed by atoms with Crippen molar-refractivity contribution in [2.45, 2.75) is 136 Å². The fourth-order valence-electron chi connectivity index (χ4n) is 11.2. The van der Waals surface area contributed by atoms with Crippen molar-refractivity contribution in [1.29, 1.82) is 0 Å². The molecule has 444 valence electrons. The summed E-state index contributed by atoms with van der Waals surface area (Å²) in [5.74, 6) is 2.14. The number of phenols is 1. The third kappa shape index (κ3) is 20.5. The van der Waals surface area contributed by atoms with E-state index in [0.29, 0.717) is 30.8 Å². The van der Waals surface area contributed by atoms with Crippen LogP contribution in [0.1, 0.15) is 174 Å². The minimum atomic E-state index is -0.740. The van der Waals surface area contributed by atoms with Gasteiger partial charge in [-0.25, -0.2) is 0 Å². The van der Waals surface area contributed by atoms with E-state index in [1.807, 2.05) is 85.8 Å². The first kappa shape index (κ1) is 69.2. The number of aromatic hydroxyl groups is 1. The molecule has 6 aliphatic rings. The molecule has 6 aliphatic carbocycles. The van der Waals surface area contributed by atoms with E-state index in [1.54, 1.807) is 20.3 Å². The number of carbonyl (C=O) groups is 4. The summed E-state index contributed by atoms with van der Waals surface area (Å²) >= 11 is 0. The Bertz CT molecular complexity index is 3320. The number of ether oxygens (including phenoxy) is 2. The van der Waals surface area contributed by atoms with E-state index in [9.17, 15) is 24.3 Å². The molecule has 86 heavy (non-hydrogen) atoms. The van der Waals surface area contributed by atoms with Gasteiger partial charge < -0.3 is 30.9 Å². The number of hydrogen-bond donors (Lipinski definition) is 3. The molecule has 0 aliphatic heterocycles. The number of phenolic OH excluding ortho intramolecular Hbond substituents is 1. The van der Waals surface area contributed by atoms with Gasteiger partial charge in [0, 0.05) is 59.2 Å². The van der Waals surface area contributed by atoms with Gasteiger partial charge in [0.25, 0.3) is 0 Å². The molecule has 5 N–H and O–H groups in total. The molecular formula is C75H84NNaO9. The van der Waals surface area contributed by atoms with E-state index in [2.05, 4.69) is 98.8 Å². The van der Waals surface area contributed by atoms with Crippen LogP contribution in [-0.2, 0) is 49.7 Å². The zero-order chi connectivity index (χ0) is 59.8. The zero-order valence-corrected chi connectivity index (χ0v) is 53.3. The largest absolute Gasteiger partial charge is 1.00 e. The van der Waals surface area contributed by atoms with Gasteiger partial charge in [-0.2, -0.15) is 0 Å². The van der Waals surface area contributed by atoms with Crippen molar-refractivity contribution in [1.82, 2.24) is 0 Å². The number of nitrogen functional groups attached to an aromatic ring is 1. The van der Waals surface area contributed by atoms with Crippen molar-refractivity contribution in [3.05, 3.63) is 241 Å². The molecule has 0 saturated heterocycles. The van der Waals surface area contributed by atoms with Crippen molar-refractivity contribution in [3.8, 4) is 17.2 Å². The minimum absolute atomic E-state index is 0. The fraction of sp³-hybridized carbons (Fsp3) is 0.307. The number of methoxy groups -OCH3 is 2. The fourth-order valence-corrected chi connectivity index (χ4v) is 11.2. The zero-order valence-electron chi connectivity index (χ0n) is 51.3. The van der Waals surface area contributed by atoms with Gasteiger partial charge in [-0.15, -0.1) is 0 Å². The van der Waals surface area contributed by atoms with Gasteiger partial charge in [-0.1, -0.05) is 133 Å². The van der Waals surface area contributed by atoms with E-state index < -0.39 is 5.97 Å². The number of fused-ring (bicyclic) bond motifs is 6. The molecule has 0 radical (unpaired) electrons. The summed E-state index contributed by atoms with van der Waals surface area (Å²) in [4.78, 5) is 44.7. The summed E-state index contributed by atoms with van der Waals surface area (Å²) in [6.45, 7) is 6.41. The number of carbonyl (C=O) groups excluding carboxylic acids is 3. The Morgan fingerprint density at radius 3 is 1.52 bits per heavy atom. The first-order valence-electron chi connectivity index (χ1n) is 29.8. The summed E-state index contributed by atoms with van der Waals surface area (Å²) in [7, 11) is 3.27. The second-order valence-corrected chi connectivity index (χ2v) is 21.9. The first-order valence-corrected chi connectivity index (χ1v) is 29.8. The van der Waals surface area contributed by atoms with Crippen molar-refractivity contribution >= 4 is 47.2 Å². The van der Waals surface area contributed by atoms with Crippen LogP contribution in [0.2, 0.25) is 0 Å². The number of rotatable bonds is 6. The van der Waals surface area contributed by atoms with Crippen LogP contribution in [0.3, 0.4) is 0 Å². The van der Waals surface area contributed by atoms with Gasteiger partial charge in [0.1, 0.15) is 17.2 Å². The maximum atomic E-state index is 11.5. The number of carboxylic acids is 1. The SMILES string of the molecule is COc1ccc2c(c1)C(=O)CCC2.COc1cccc2c1CCCC2=O.Cc1ccc2c(c1)C(=O)CCC2.Cc1cccc2c1CCC=C2.Cc1cccc2c1CCC=C2.Nc1ccc(CCCC(=O)O)cc1.Oc1cccc2c1CCC=C2.[Na+].[OH-]. The van der Waals surface area contributed by atoms with Gasteiger partial charge in [0.05, 0.1) is 14.2 Å². The molecule has 0 unspecified atom stereocenters. The van der Waals surface area contributed by atoms with Gasteiger partial charge in [0.15, 0.2) is 17.3 Å². The molecule has 0 atom stereocenters. The first-order chi connectivity index (χ1) is 40.7. The third-order valence-electron chi connectivity index (χ3n) is 15.9. The molecule has 7 aromatic rings.